The Morgan fingerprint density at radius 1 is 1.03 bits per heavy atom. The number of pyridine rings is 2. The Bertz CT molecular complexity index is 1560. The van der Waals surface area contributed by atoms with Crippen molar-refractivity contribution in [2.75, 3.05) is 25.5 Å². The predicted octanol–water partition coefficient (Wildman–Crippen LogP) is 4.65. The van der Waals surface area contributed by atoms with Crippen LogP contribution in [0.4, 0.5) is 11.4 Å². The van der Waals surface area contributed by atoms with Crippen LogP contribution in [-0.4, -0.2) is 41.0 Å². The van der Waals surface area contributed by atoms with E-state index in [2.05, 4.69) is 40.2 Å². The van der Waals surface area contributed by atoms with Crippen molar-refractivity contribution in [2.24, 2.45) is 13.0 Å². The Labute approximate surface area is 216 Å². The molecular weight excluding hydrogens is 462 g/mol. The number of aromatic nitrogens is 2. The molecular formula is C30H29N5O2. The average molecular weight is 492 g/mol. The fourth-order valence-electron chi connectivity index (χ4n) is 4.46. The number of carbonyl (C=O) groups is 1. The molecule has 0 N–H and O–H groups in total. The van der Waals surface area contributed by atoms with Crippen molar-refractivity contribution in [3.8, 4) is 17.2 Å². The first kappa shape index (κ1) is 24.3. The molecule has 1 fully saturated rings. The lowest BCUT2D eigenvalue weighted by atomic mass is 10.0. The monoisotopic (exact) mass is 491 g/mol. The largest absolute Gasteiger partial charge is 0.349 e. The lowest BCUT2D eigenvalue weighted by molar-refractivity contribution is -0.127. The standard InChI is InChI=1S/C30H29N5O2/c1-33(2)28(36)16-20-6-8-22(9-7-20)23-10-13-25(14-11-23)35(19-21-4-5-21)27-17-29(37)34(3)26-15-12-24(18-31)32-30(26)27/h6-15,17,21H,4-5,16,19H2,1-3H3. The van der Waals surface area contributed by atoms with Gasteiger partial charge in [0.15, 0.2) is 0 Å². The minimum Gasteiger partial charge on any atom is -0.349 e. The fourth-order valence-corrected chi connectivity index (χ4v) is 4.46. The third kappa shape index (κ3) is 5.10. The van der Waals surface area contributed by atoms with Gasteiger partial charge in [0.2, 0.25) is 5.91 Å². The minimum atomic E-state index is -0.112. The highest BCUT2D eigenvalue weighted by molar-refractivity contribution is 5.91. The van der Waals surface area contributed by atoms with Crippen LogP contribution in [0.25, 0.3) is 22.2 Å². The van der Waals surface area contributed by atoms with Crippen LogP contribution in [0.1, 0.15) is 24.1 Å². The minimum absolute atomic E-state index is 0.0764. The molecule has 0 aliphatic heterocycles. The normalized spacial score (nSPS) is 12.8. The van der Waals surface area contributed by atoms with Crippen LogP contribution in [0.2, 0.25) is 0 Å². The molecule has 0 radical (unpaired) electrons. The molecule has 4 aromatic rings. The molecule has 5 rings (SSSR count). The number of likely N-dealkylation sites (N-methyl/N-ethyl adjacent to an activating group) is 1. The highest BCUT2D eigenvalue weighted by Gasteiger charge is 2.27. The number of anilines is 2. The van der Waals surface area contributed by atoms with E-state index in [9.17, 15) is 14.9 Å². The van der Waals surface area contributed by atoms with E-state index < -0.39 is 0 Å². The predicted molar refractivity (Wildman–Crippen MR) is 146 cm³/mol. The molecule has 1 aliphatic carbocycles. The Morgan fingerprint density at radius 2 is 1.68 bits per heavy atom. The summed E-state index contributed by atoms with van der Waals surface area (Å²) in [6, 6.07) is 23.5. The van der Waals surface area contributed by atoms with Crippen LogP contribution in [0.3, 0.4) is 0 Å². The average Bonchev–Trinajstić information content (AvgIpc) is 3.74. The first-order chi connectivity index (χ1) is 17.8. The number of amides is 1. The molecule has 2 aromatic heterocycles. The van der Waals surface area contributed by atoms with Gasteiger partial charge < -0.3 is 14.4 Å². The molecule has 37 heavy (non-hydrogen) atoms. The summed E-state index contributed by atoms with van der Waals surface area (Å²) >= 11 is 0. The number of hydrogen-bond acceptors (Lipinski definition) is 5. The van der Waals surface area contributed by atoms with E-state index in [1.165, 1.54) is 0 Å². The number of fused-ring (bicyclic) bond motifs is 1. The fraction of sp³-hybridized carbons (Fsp3) is 0.267. The molecule has 186 valence electrons. The maximum atomic E-state index is 12.8. The van der Waals surface area contributed by atoms with Crippen molar-refractivity contribution in [3.05, 3.63) is 88.3 Å². The summed E-state index contributed by atoms with van der Waals surface area (Å²) in [4.78, 5) is 33.2. The van der Waals surface area contributed by atoms with Crippen LogP contribution in [0.5, 0.6) is 0 Å². The zero-order valence-corrected chi connectivity index (χ0v) is 21.3. The summed E-state index contributed by atoms with van der Waals surface area (Å²) in [5, 5.41) is 9.43. The van der Waals surface area contributed by atoms with Crippen LogP contribution < -0.4 is 10.5 Å². The molecule has 0 unspecified atom stereocenters. The van der Waals surface area contributed by atoms with E-state index in [4.69, 9.17) is 0 Å². The quantitative estimate of drug-likeness (QED) is 0.376. The van der Waals surface area contributed by atoms with Gasteiger partial charge in [0, 0.05) is 39.4 Å². The Kier molecular flexibility index (Phi) is 6.49. The summed E-state index contributed by atoms with van der Waals surface area (Å²) in [5.41, 5.74) is 6.38. The highest BCUT2D eigenvalue weighted by Crippen LogP contribution is 2.37. The van der Waals surface area contributed by atoms with Crippen LogP contribution >= 0.6 is 0 Å². The number of carbonyl (C=O) groups excluding carboxylic acids is 1. The first-order valence-electron chi connectivity index (χ1n) is 12.4. The maximum Gasteiger partial charge on any atom is 0.252 e. The third-order valence-corrected chi connectivity index (χ3v) is 6.93. The van der Waals surface area contributed by atoms with Crippen molar-refractivity contribution in [2.45, 2.75) is 19.3 Å². The molecule has 1 saturated carbocycles. The zero-order chi connectivity index (χ0) is 26.1. The molecule has 1 amide bonds. The van der Waals surface area contributed by atoms with Crippen LogP contribution in [-0.2, 0) is 18.3 Å². The molecule has 2 heterocycles. The number of nitriles is 1. The van der Waals surface area contributed by atoms with Crippen molar-refractivity contribution in [1.29, 1.82) is 5.26 Å². The second-order valence-corrected chi connectivity index (χ2v) is 9.87. The summed E-state index contributed by atoms with van der Waals surface area (Å²) in [6.45, 7) is 0.786. The van der Waals surface area contributed by atoms with Gasteiger partial charge >= 0.3 is 0 Å². The number of benzene rings is 2. The van der Waals surface area contributed by atoms with Gasteiger partial charge in [-0.2, -0.15) is 5.26 Å². The van der Waals surface area contributed by atoms with Crippen molar-refractivity contribution in [3.63, 3.8) is 0 Å². The SMILES string of the molecule is CN(C)C(=O)Cc1ccc(-c2ccc(N(CC3CC3)c3cc(=O)n(C)c4ccc(C#N)nc34)cc2)cc1. The van der Waals surface area contributed by atoms with Gasteiger partial charge in [-0.15, -0.1) is 0 Å². The topological polar surface area (TPSA) is 82.2 Å². The van der Waals surface area contributed by atoms with Gasteiger partial charge in [-0.05, 0) is 59.7 Å². The molecule has 7 nitrogen and oxygen atoms in total. The molecule has 0 saturated heterocycles. The Morgan fingerprint density at radius 3 is 2.27 bits per heavy atom. The Hall–Kier alpha value is -4.44. The lowest BCUT2D eigenvalue weighted by Gasteiger charge is -2.26. The lowest BCUT2D eigenvalue weighted by Crippen LogP contribution is -2.25. The molecule has 1 aliphatic rings. The van der Waals surface area contributed by atoms with Crippen molar-refractivity contribution in [1.82, 2.24) is 14.5 Å². The Balaban J connectivity index is 1.49. The smallest absolute Gasteiger partial charge is 0.252 e. The number of rotatable bonds is 7. The summed E-state index contributed by atoms with van der Waals surface area (Å²) in [5.74, 6) is 0.642. The molecule has 0 bridgehead atoms. The van der Waals surface area contributed by atoms with Crippen LogP contribution in [0, 0.1) is 17.2 Å². The van der Waals surface area contributed by atoms with E-state index >= 15 is 0 Å². The number of nitrogens with zero attached hydrogens (tertiary/aromatic N) is 5. The molecule has 2 aromatic carbocycles. The van der Waals surface area contributed by atoms with Crippen molar-refractivity contribution < 1.29 is 4.79 Å². The highest BCUT2D eigenvalue weighted by atomic mass is 16.2. The summed E-state index contributed by atoms with van der Waals surface area (Å²) < 4.78 is 1.57. The van der Waals surface area contributed by atoms with E-state index in [-0.39, 0.29) is 11.5 Å². The van der Waals surface area contributed by atoms with E-state index in [0.717, 1.165) is 47.5 Å². The van der Waals surface area contributed by atoms with Gasteiger partial charge in [0.25, 0.3) is 5.56 Å². The first-order valence-corrected chi connectivity index (χ1v) is 12.4. The van der Waals surface area contributed by atoms with E-state index in [1.54, 1.807) is 48.8 Å². The molecule has 7 heteroatoms. The van der Waals surface area contributed by atoms with E-state index in [0.29, 0.717) is 29.1 Å². The maximum absolute atomic E-state index is 12.8. The second-order valence-electron chi connectivity index (χ2n) is 9.87. The van der Waals surface area contributed by atoms with Gasteiger partial charge in [-0.1, -0.05) is 36.4 Å². The van der Waals surface area contributed by atoms with Gasteiger partial charge in [0.1, 0.15) is 17.3 Å². The molecule has 0 spiro atoms. The van der Waals surface area contributed by atoms with Gasteiger partial charge in [0.05, 0.1) is 17.6 Å². The van der Waals surface area contributed by atoms with Gasteiger partial charge in [-0.25, -0.2) is 4.98 Å². The summed E-state index contributed by atoms with van der Waals surface area (Å²) in [6.07, 6.45) is 2.71. The van der Waals surface area contributed by atoms with Gasteiger partial charge in [-0.3, -0.25) is 9.59 Å². The zero-order valence-electron chi connectivity index (χ0n) is 21.3. The summed E-state index contributed by atoms with van der Waals surface area (Å²) in [7, 11) is 5.25. The van der Waals surface area contributed by atoms with Crippen molar-refractivity contribution >= 4 is 28.3 Å². The second kappa shape index (κ2) is 9.90. The van der Waals surface area contributed by atoms with E-state index in [1.807, 2.05) is 24.3 Å². The third-order valence-electron chi connectivity index (χ3n) is 6.93. The molecule has 0 atom stereocenters. The van der Waals surface area contributed by atoms with Crippen LogP contribution in [0.15, 0.2) is 71.5 Å². The number of aryl methyl sites for hydroxylation is 1. The number of hydrogen-bond donors (Lipinski definition) is 0.